The van der Waals surface area contributed by atoms with Gasteiger partial charge in [0.25, 0.3) is 0 Å². The maximum atomic E-state index is 8.90. The molecule has 14 heavy (non-hydrogen) atoms. The predicted octanol–water partition coefficient (Wildman–Crippen LogP) is 2.48. The lowest BCUT2D eigenvalue weighted by Crippen LogP contribution is -1.98. The number of aryl methyl sites for hydroxylation is 1. The minimum atomic E-state index is 0.200. The average molecular weight is 254 g/mol. The van der Waals surface area contributed by atoms with Crippen LogP contribution in [0.1, 0.15) is 5.69 Å². The molecule has 0 spiro atoms. The quantitative estimate of drug-likeness (QED) is 0.875. The molecule has 0 fully saturated rings. The predicted molar refractivity (Wildman–Crippen MR) is 61.4 cm³/mol. The summed E-state index contributed by atoms with van der Waals surface area (Å²) < 4.78 is 3.21. The number of hydrogen-bond donors (Lipinski definition) is 1. The van der Waals surface area contributed by atoms with Crippen LogP contribution in [0.4, 0.5) is 0 Å². The molecule has 1 aromatic heterocycles. The van der Waals surface area contributed by atoms with Gasteiger partial charge in [0.05, 0.1) is 0 Å². The molecule has 0 aliphatic heterocycles. The van der Waals surface area contributed by atoms with Crippen molar-refractivity contribution >= 4 is 26.8 Å². The number of fused-ring (bicyclic) bond motifs is 1. The van der Waals surface area contributed by atoms with Crippen LogP contribution in [0.2, 0.25) is 0 Å². The van der Waals surface area contributed by atoms with Gasteiger partial charge in [0.15, 0.2) is 0 Å². The summed E-state index contributed by atoms with van der Waals surface area (Å²) in [5, 5.41) is 10.1. The lowest BCUT2D eigenvalue weighted by Gasteiger charge is -2.01. The van der Waals surface area contributed by atoms with E-state index in [1.807, 2.05) is 13.1 Å². The maximum Gasteiger partial charge on any atom is 0.0491 e. The zero-order valence-electron chi connectivity index (χ0n) is 8.00. The van der Waals surface area contributed by atoms with Crippen molar-refractivity contribution in [1.29, 1.82) is 0 Å². The average Bonchev–Trinajstić information content (AvgIpc) is 2.46. The van der Waals surface area contributed by atoms with E-state index in [2.05, 4.69) is 38.7 Å². The van der Waals surface area contributed by atoms with E-state index in [-0.39, 0.29) is 6.61 Å². The third-order valence-electron chi connectivity index (χ3n) is 2.47. The van der Waals surface area contributed by atoms with E-state index in [4.69, 9.17) is 5.11 Å². The first-order valence-electron chi connectivity index (χ1n) is 4.57. The number of benzene rings is 1. The van der Waals surface area contributed by atoms with Gasteiger partial charge in [-0.1, -0.05) is 22.0 Å². The van der Waals surface area contributed by atoms with E-state index < -0.39 is 0 Å². The van der Waals surface area contributed by atoms with Crippen LogP contribution < -0.4 is 0 Å². The highest BCUT2D eigenvalue weighted by atomic mass is 79.9. The van der Waals surface area contributed by atoms with Crippen molar-refractivity contribution in [2.45, 2.75) is 6.42 Å². The summed E-state index contributed by atoms with van der Waals surface area (Å²) in [4.78, 5) is 0. The molecule has 0 bridgehead atoms. The number of nitrogens with zero attached hydrogens (tertiary/aromatic N) is 1. The Morgan fingerprint density at radius 2 is 2.14 bits per heavy atom. The third-order valence-corrected chi connectivity index (χ3v) is 2.97. The van der Waals surface area contributed by atoms with Crippen LogP contribution in [0, 0.1) is 0 Å². The normalized spacial score (nSPS) is 11.1. The summed E-state index contributed by atoms with van der Waals surface area (Å²) in [6.45, 7) is 0.200. The molecule has 1 N–H and O–H groups in total. The molecule has 0 aliphatic rings. The number of aromatic nitrogens is 1. The van der Waals surface area contributed by atoms with Crippen molar-refractivity contribution in [1.82, 2.24) is 4.57 Å². The van der Waals surface area contributed by atoms with Gasteiger partial charge in [0.1, 0.15) is 0 Å². The van der Waals surface area contributed by atoms with Gasteiger partial charge < -0.3 is 9.67 Å². The second-order valence-corrected chi connectivity index (χ2v) is 4.29. The molecular formula is C11H12BrNO. The molecular weight excluding hydrogens is 242 g/mol. The van der Waals surface area contributed by atoms with Crippen LogP contribution in [0.3, 0.4) is 0 Å². The fourth-order valence-electron chi connectivity index (χ4n) is 1.71. The first-order valence-corrected chi connectivity index (χ1v) is 5.36. The first-order chi connectivity index (χ1) is 6.72. The molecule has 74 valence electrons. The molecule has 0 radical (unpaired) electrons. The number of aliphatic hydroxyl groups is 1. The Morgan fingerprint density at radius 1 is 1.36 bits per heavy atom. The van der Waals surface area contributed by atoms with Crippen molar-refractivity contribution in [3.8, 4) is 0 Å². The molecule has 0 aliphatic carbocycles. The highest BCUT2D eigenvalue weighted by Gasteiger charge is 2.04. The molecule has 0 unspecified atom stereocenters. The van der Waals surface area contributed by atoms with Crippen LogP contribution in [-0.2, 0) is 13.5 Å². The highest BCUT2D eigenvalue weighted by molar-refractivity contribution is 9.10. The van der Waals surface area contributed by atoms with Crippen molar-refractivity contribution in [2.75, 3.05) is 6.61 Å². The second kappa shape index (κ2) is 3.75. The number of halogens is 1. The largest absolute Gasteiger partial charge is 0.396 e. The smallest absolute Gasteiger partial charge is 0.0491 e. The standard InChI is InChI=1S/C11H12BrNO/c1-13-10(4-5-14)6-8-2-3-9(12)7-11(8)13/h2-3,6-7,14H,4-5H2,1H3. The molecule has 0 saturated carbocycles. The monoisotopic (exact) mass is 253 g/mol. The Bertz CT molecular complexity index is 462. The lowest BCUT2D eigenvalue weighted by atomic mass is 10.2. The van der Waals surface area contributed by atoms with Gasteiger partial charge in [-0.2, -0.15) is 0 Å². The Morgan fingerprint density at radius 3 is 2.86 bits per heavy atom. The van der Waals surface area contributed by atoms with E-state index in [0.29, 0.717) is 6.42 Å². The van der Waals surface area contributed by atoms with Crippen molar-refractivity contribution in [3.63, 3.8) is 0 Å². The van der Waals surface area contributed by atoms with Gasteiger partial charge in [-0.05, 0) is 23.6 Å². The molecule has 1 aromatic carbocycles. The molecule has 2 aromatic rings. The van der Waals surface area contributed by atoms with Crippen molar-refractivity contribution < 1.29 is 5.11 Å². The Balaban J connectivity index is 2.62. The van der Waals surface area contributed by atoms with Crippen LogP contribution in [0.5, 0.6) is 0 Å². The third kappa shape index (κ3) is 1.57. The van der Waals surface area contributed by atoms with Crippen molar-refractivity contribution in [3.05, 3.63) is 34.4 Å². The fraction of sp³-hybridized carbons (Fsp3) is 0.273. The lowest BCUT2D eigenvalue weighted by molar-refractivity contribution is 0.297. The van der Waals surface area contributed by atoms with Crippen LogP contribution in [0.15, 0.2) is 28.7 Å². The van der Waals surface area contributed by atoms with Crippen LogP contribution in [0.25, 0.3) is 10.9 Å². The Hall–Kier alpha value is -0.800. The molecule has 0 saturated heterocycles. The Labute approximate surface area is 91.3 Å². The summed E-state index contributed by atoms with van der Waals surface area (Å²) in [5.41, 5.74) is 2.36. The summed E-state index contributed by atoms with van der Waals surface area (Å²) >= 11 is 3.45. The minimum absolute atomic E-state index is 0.200. The Kier molecular flexibility index (Phi) is 2.61. The molecule has 0 amide bonds. The second-order valence-electron chi connectivity index (χ2n) is 3.37. The minimum Gasteiger partial charge on any atom is -0.396 e. The molecule has 2 nitrogen and oxygen atoms in total. The topological polar surface area (TPSA) is 25.2 Å². The zero-order chi connectivity index (χ0) is 10.1. The van der Waals surface area contributed by atoms with Gasteiger partial charge in [-0.15, -0.1) is 0 Å². The highest BCUT2D eigenvalue weighted by Crippen LogP contribution is 2.22. The summed E-state index contributed by atoms with van der Waals surface area (Å²) in [6.07, 6.45) is 0.711. The summed E-state index contributed by atoms with van der Waals surface area (Å²) in [6, 6.07) is 8.33. The number of rotatable bonds is 2. The number of hydrogen-bond acceptors (Lipinski definition) is 1. The zero-order valence-corrected chi connectivity index (χ0v) is 9.58. The molecule has 2 rings (SSSR count). The van der Waals surface area contributed by atoms with E-state index in [1.54, 1.807) is 0 Å². The van der Waals surface area contributed by atoms with E-state index in [0.717, 1.165) is 4.47 Å². The molecule has 1 heterocycles. The molecule has 3 heteroatoms. The van der Waals surface area contributed by atoms with E-state index in [1.165, 1.54) is 16.6 Å². The van der Waals surface area contributed by atoms with Crippen LogP contribution in [-0.4, -0.2) is 16.3 Å². The summed E-state index contributed by atoms with van der Waals surface area (Å²) in [5.74, 6) is 0. The number of aliphatic hydroxyl groups excluding tert-OH is 1. The van der Waals surface area contributed by atoms with Gasteiger partial charge in [0.2, 0.25) is 0 Å². The molecule has 0 atom stereocenters. The van der Waals surface area contributed by atoms with E-state index >= 15 is 0 Å². The van der Waals surface area contributed by atoms with Gasteiger partial charge in [0, 0.05) is 35.8 Å². The summed E-state index contributed by atoms with van der Waals surface area (Å²) in [7, 11) is 2.03. The maximum absolute atomic E-state index is 8.90. The van der Waals surface area contributed by atoms with Crippen LogP contribution >= 0.6 is 15.9 Å². The van der Waals surface area contributed by atoms with Gasteiger partial charge in [-0.3, -0.25) is 0 Å². The van der Waals surface area contributed by atoms with Gasteiger partial charge >= 0.3 is 0 Å². The van der Waals surface area contributed by atoms with Crippen molar-refractivity contribution in [2.24, 2.45) is 7.05 Å². The van der Waals surface area contributed by atoms with Gasteiger partial charge in [-0.25, -0.2) is 0 Å². The fourth-order valence-corrected chi connectivity index (χ4v) is 2.06. The SMILES string of the molecule is Cn1c(CCO)cc2ccc(Br)cc21. The first kappa shape index (κ1) is 9.74. The van der Waals surface area contributed by atoms with E-state index in [9.17, 15) is 0 Å².